The summed E-state index contributed by atoms with van der Waals surface area (Å²) < 4.78 is 29.2. The Bertz CT molecular complexity index is 409. The summed E-state index contributed by atoms with van der Waals surface area (Å²) in [5, 5.41) is 12.2. The summed E-state index contributed by atoms with van der Waals surface area (Å²) in [5.41, 5.74) is 2.66. The van der Waals surface area contributed by atoms with Gasteiger partial charge in [-0.25, -0.2) is 0 Å². The molecule has 0 bridgehead atoms. The van der Waals surface area contributed by atoms with Gasteiger partial charge in [0.1, 0.15) is 5.75 Å². The quantitative estimate of drug-likeness (QED) is 0.751. The standard InChI is InChI=1S/C14H21F2NO2/c1-9-6-12(8-17-5-4-11(3)18)13(7-10(9)2)19-14(15)16/h6-7,11,14,17-18H,4-5,8H2,1-3H3. The Labute approximate surface area is 112 Å². The van der Waals surface area contributed by atoms with E-state index in [-0.39, 0.29) is 11.9 Å². The van der Waals surface area contributed by atoms with Crippen molar-refractivity contribution in [3.8, 4) is 5.75 Å². The molecule has 0 spiro atoms. The Balaban J connectivity index is 2.71. The maximum Gasteiger partial charge on any atom is 0.387 e. The molecule has 2 N–H and O–H groups in total. The van der Waals surface area contributed by atoms with Crippen molar-refractivity contribution in [1.82, 2.24) is 5.32 Å². The van der Waals surface area contributed by atoms with Crippen LogP contribution in [-0.4, -0.2) is 24.4 Å². The second kappa shape index (κ2) is 7.40. The van der Waals surface area contributed by atoms with Crippen LogP contribution in [0.5, 0.6) is 5.75 Å². The van der Waals surface area contributed by atoms with Crippen LogP contribution >= 0.6 is 0 Å². The fourth-order valence-corrected chi connectivity index (χ4v) is 1.73. The first-order valence-corrected chi connectivity index (χ1v) is 6.34. The summed E-state index contributed by atoms with van der Waals surface area (Å²) in [7, 11) is 0. The van der Waals surface area contributed by atoms with Crippen LogP contribution in [0.4, 0.5) is 8.78 Å². The maximum absolute atomic E-state index is 12.4. The molecule has 0 saturated heterocycles. The molecule has 1 rings (SSSR count). The molecule has 1 aromatic rings. The van der Waals surface area contributed by atoms with Gasteiger partial charge in [0.25, 0.3) is 0 Å². The smallest absolute Gasteiger partial charge is 0.387 e. The van der Waals surface area contributed by atoms with Crippen LogP contribution < -0.4 is 10.1 Å². The summed E-state index contributed by atoms with van der Waals surface area (Å²) >= 11 is 0. The van der Waals surface area contributed by atoms with Crippen molar-refractivity contribution < 1.29 is 18.6 Å². The Morgan fingerprint density at radius 2 is 1.89 bits per heavy atom. The third-order valence-electron chi connectivity index (χ3n) is 2.95. The number of nitrogens with one attached hydrogen (secondary N) is 1. The van der Waals surface area contributed by atoms with Gasteiger partial charge in [-0.3, -0.25) is 0 Å². The Morgan fingerprint density at radius 1 is 1.26 bits per heavy atom. The highest BCUT2D eigenvalue weighted by Crippen LogP contribution is 2.24. The van der Waals surface area contributed by atoms with Gasteiger partial charge in [-0.2, -0.15) is 8.78 Å². The molecule has 19 heavy (non-hydrogen) atoms. The molecule has 0 heterocycles. The van der Waals surface area contributed by atoms with Crippen LogP contribution in [0, 0.1) is 13.8 Å². The van der Waals surface area contributed by atoms with Gasteiger partial charge in [0.05, 0.1) is 6.10 Å². The molecule has 0 aromatic heterocycles. The van der Waals surface area contributed by atoms with Crippen molar-refractivity contribution in [2.24, 2.45) is 0 Å². The van der Waals surface area contributed by atoms with Gasteiger partial charge in [0, 0.05) is 12.1 Å². The summed E-state index contributed by atoms with van der Waals surface area (Å²) in [6.45, 7) is 3.75. The van der Waals surface area contributed by atoms with Gasteiger partial charge >= 0.3 is 6.61 Å². The molecule has 108 valence electrons. The molecular formula is C14H21F2NO2. The summed E-state index contributed by atoms with van der Waals surface area (Å²) in [6, 6.07) is 3.48. The largest absolute Gasteiger partial charge is 0.434 e. The van der Waals surface area contributed by atoms with E-state index in [9.17, 15) is 8.78 Å². The van der Waals surface area contributed by atoms with Crippen molar-refractivity contribution in [2.45, 2.75) is 46.5 Å². The van der Waals surface area contributed by atoms with Crippen molar-refractivity contribution in [2.75, 3.05) is 6.54 Å². The maximum atomic E-state index is 12.4. The van der Waals surface area contributed by atoms with Crippen LogP contribution in [-0.2, 0) is 6.54 Å². The van der Waals surface area contributed by atoms with Crippen LogP contribution in [0.1, 0.15) is 30.0 Å². The van der Waals surface area contributed by atoms with E-state index in [1.54, 1.807) is 13.0 Å². The first-order chi connectivity index (χ1) is 8.90. The number of aryl methyl sites for hydroxylation is 2. The van der Waals surface area contributed by atoms with E-state index >= 15 is 0 Å². The van der Waals surface area contributed by atoms with E-state index in [1.165, 1.54) is 0 Å². The Kier molecular flexibility index (Phi) is 6.18. The predicted molar refractivity (Wildman–Crippen MR) is 70.6 cm³/mol. The lowest BCUT2D eigenvalue weighted by atomic mass is 10.0. The molecule has 1 unspecified atom stereocenters. The van der Waals surface area contributed by atoms with Gasteiger partial charge in [0.15, 0.2) is 0 Å². The van der Waals surface area contributed by atoms with Crippen LogP contribution in [0.25, 0.3) is 0 Å². The van der Waals surface area contributed by atoms with Gasteiger partial charge < -0.3 is 15.2 Å². The molecule has 0 aliphatic rings. The van der Waals surface area contributed by atoms with Crippen molar-refractivity contribution in [3.05, 3.63) is 28.8 Å². The zero-order chi connectivity index (χ0) is 14.4. The molecular weight excluding hydrogens is 252 g/mol. The van der Waals surface area contributed by atoms with E-state index in [1.807, 2.05) is 19.9 Å². The minimum Gasteiger partial charge on any atom is -0.434 e. The molecule has 5 heteroatoms. The lowest BCUT2D eigenvalue weighted by Gasteiger charge is -2.14. The topological polar surface area (TPSA) is 41.5 Å². The summed E-state index contributed by atoms with van der Waals surface area (Å²) in [6.07, 6.45) is 0.250. The molecule has 0 saturated carbocycles. The zero-order valence-corrected chi connectivity index (χ0v) is 11.5. The lowest BCUT2D eigenvalue weighted by molar-refractivity contribution is -0.0505. The highest BCUT2D eigenvalue weighted by Gasteiger charge is 2.11. The number of alkyl halides is 2. The fraction of sp³-hybridized carbons (Fsp3) is 0.571. The minimum atomic E-state index is -2.82. The Hall–Kier alpha value is -1.20. The lowest BCUT2D eigenvalue weighted by Crippen LogP contribution is -2.19. The monoisotopic (exact) mass is 273 g/mol. The van der Waals surface area contributed by atoms with Crippen molar-refractivity contribution in [3.63, 3.8) is 0 Å². The normalized spacial score (nSPS) is 12.8. The molecule has 0 amide bonds. The van der Waals surface area contributed by atoms with Crippen molar-refractivity contribution >= 4 is 0 Å². The van der Waals surface area contributed by atoms with Gasteiger partial charge in [0.2, 0.25) is 0 Å². The first kappa shape index (κ1) is 15.9. The summed E-state index contributed by atoms with van der Waals surface area (Å²) in [5.74, 6) is 0.211. The number of aliphatic hydroxyl groups excluding tert-OH is 1. The second-order valence-electron chi connectivity index (χ2n) is 4.74. The number of ether oxygens (including phenoxy) is 1. The third-order valence-corrected chi connectivity index (χ3v) is 2.95. The van der Waals surface area contributed by atoms with Gasteiger partial charge in [-0.05, 0) is 50.9 Å². The van der Waals surface area contributed by atoms with Crippen LogP contribution in [0.15, 0.2) is 12.1 Å². The molecule has 1 atom stereocenters. The average molecular weight is 273 g/mol. The second-order valence-corrected chi connectivity index (χ2v) is 4.74. The third kappa shape index (κ3) is 5.53. The van der Waals surface area contributed by atoms with Crippen molar-refractivity contribution in [1.29, 1.82) is 0 Å². The molecule has 0 radical (unpaired) electrons. The highest BCUT2D eigenvalue weighted by atomic mass is 19.3. The molecule has 1 aromatic carbocycles. The summed E-state index contributed by atoms with van der Waals surface area (Å²) in [4.78, 5) is 0. The number of halogens is 2. The number of aliphatic hydroxyl groups is 1. The fourth-order valence-electron chi connectivity index (χ4n) is 1.73. The number of benzene rings is 1. The van der Waals surface area contributed by atoms with Gasteiger partial charge in [-0.15, -0.1) is 0 Å². The molecule has 0 aliphatic carbocycles. The highest BCUT2D eigenvalue weighted by molar-refractivity contribution is 5.41. The zero-order valence-electron chi connectivity index (χ0n) is 11.5. The average Bonchev–Trinajstić information content (AvgIpc) is 2.29. The van der Waals surface area contributed by atoms with E-state index in [0.29, 0.717) is 25.1 Å². The molecule has 0 fully saturated rings. The molecule has 0 aliphatic heterocycles. The first-order valence-electron chi connectivity index (χ1n) is 6.34. The predicted octanol–water partition coefficient (Wildman–Crippen LogP) is 2.77. The number of hydrogen-bond donors (Lipinski definition) is 2. The van der Waals surface area contributed by atoms with Crippen LogP contribution in [0.2, 0.25) is 0 Å². The van der Waals surface area contributed by atoms with Gasteiger partial charge in [-0.1, -0.05) is 6.07 Å². The minimum absolute atomic E-state index is 0.211. The van der Waals surface area contributed by atoms with E-state index in [2.05, 4.69) is 10.1 Å². The van der Waals surface area contributed by atoms with E-state index < -0.39 is 6.61 Å². The van der Waals surface area contributed by atoms with E-state index in [0.717, 1.165) is 11.1 Å². The molecule has 3 nitrogen and oxygen atoms in total. The van der Waals surface area contributed by atoms with Crippen LogP contribution in [0.3, 0.4) is 0 Å². The SMILES string of the molecule is Cc1cc(CNCCC(C)O)c(OC(F)F)cc1C. The number of hydrogen-bond acceptors (Lipinski definition) is 3. The van der Waals surface area contributed by atoms with E-state index in [4.69, 9.17) is 5.11 Å². The Morgan fingerprint density at radius 3 is 2.47 bits per heavy atom. The number of rotatable bonds is 7.